The molecule has 0 saturated carbocycles. The van der Waals surface area contributed by atoms with Crippen LogP contribution in [0, 0.1) is 13.8 Å². The molecule has 0 spiro atoms. The molecular weight excluding hydrogens is 426 g/mol. The minimum Gasteiger partial charge on any atom is -0.318 e. The number of carbonyl (C=O) groups excluding carboxylic acids is 1. The number of fused-ring (bicyclic) bond motifs is 1. The molecule has 29 heavy (non-hydrogen) atoms. The molecule has 0 bridgehead atoms. The third-order valence-electron chi connectivity index (χ3n) is 4.94. The van der Waals surface area contributed by atoms with Crippen molar-refractivity contribution in [2.45, 2.75) is 13.8 Å². The molecule has 1 heterocycles. The van der Waals surface area contributed by atoms with E-state index in [0.717, 1.165) is 37.9 Å². The van der Waals surface area contributed by atoms with Gasteiger partial charge in [-0.25, -0.2) is 5.43 Å². The summed E-state index contributed by atoms with van der Waals surface area (Å²) < 4.78 is 3.21. The van der Waals surface area contributed by atoms with Crippen molar-refractivity contribution in [1.82, 2.24) is 9.99 Å². The van der Waals surface area contributed by atoms with Gasteiger partial charge in [-0.3, -0.25) is 4.79 Å². The van der Waals surface area contributed by atoms with E-state index in [-0.39, 0.29) is 5.91 Å². The summed E-state index contributed by atoms with van der Waals surface area (Å²) in [6.45, 7) is 4.10. The lowest BCUT2D eigenvalue weighted by molar-refractivity contribution is 0.0955. The quantitative estimate of drug-likeness (QED) is 0.314. The Hall–Kier alpha value is -3.18. The molecule has 1 N–H and O–H groups in total. The van der Waals surface area contributed by atoms with Gasteiger partial charge < -0.3 is 4.57 Å². The Morgan fingerprint density at radius 2 is 1.69 bits per heavy atom. The van der Waals surface area contributed by atoms with Crippen LogP contribution in [-0.4, -0.2) is 16.7 Å². The first kappa shape index (κ1) is 19.2. The molecular formula is C24H20BrN3O. The molecule has 1 aromatic heterocycles. The second-order valence-electron chi connectivity index (χ2n) is 6.90. The van der Waals surface area contributed by atoms with Crippen molar-refractivity contribution in [1.29, 1.82) is 0 Å². The van der Waals surface area contributed by atoms with Crippen LogP contribution in [0.1, 0.15) is 27.3 Å². The van der Waals surface area contributed by atoms with Crippen molar-refractivity contribution >= 4 is 38.8 Å². The van der Waals surface area contributed by atoms with Gasteiger partial charge in [0.15, 0.2) is 0 Å². The first-order valence-corrected chi connectivity index (χ1v) is 10.1. The van der Waals surface area contributed by atoms with Gasteiger partial charge in [-0.05, 0) is 67.1 Å². The van der Waals surface area contributed by atoms with Crippen molar-refractivity contribution in [3.8, 4) is 5.69 Å². The number of carbonyl (C=O) groups is 1. The van der Waals surface area contributed by atoms with Gasteiger partial charge in [-0.1, -0.05) is 46.3 Å². The summed E-state index contributed by atoms with van der Waals surface area (Å²) in [5, 5.41) is 6.31. The molecule has 4 nitrogen and oxygen atoms in total. The summed E-state index contributed by atoms with van der Waals surface area (Å²) in [6.07, 6.45) is 1.69. The van der Waals surface area contributed by atoms with Crippen molar-refractivity contribution in [2.24, 2.45) is 5.10 Å². The highest BCUT2D eigenvalue weighted by atomic mass is 79.9. The second kappa shape index (κ2) is 8.05. The Morgan fingerprint density at radius 3 is 2.45 bits per heavy atom. The van der Waals surface area contributed by atoms with Crippen LogP contribution in [-0.2, 0) is 0 Å². The zero-order valence-corrected chi connectivity index (χ0v) is 17.8. The standard InChI is InChI=1S/C24H20BrN3O/c1-16-13-21(17(2)28(16)23-11-9-22(25)10-12-23)15-26-27-24(29)20-8-7-18-5-3-4-6-19(18)14-20/h3-15H,1-2H3,(H,27,29)/b26-15-. The smallest absolute Gasteiger partial charge is 0.271 e. The number of nitrogens with zero attached hydrogens (tertiary/aromatic N) is 2. The Labute approximate surface area is 178 Å². The average Bonchev–Trinajstić information content (AvgIpc) is 3.01. The van der Waals surface area contributed by atoms with Crippen LogP contribution in [0.2, 0.25) is 0 Å². The number of aromatic nitrogens is 1. The molecule has 3 aromatic carbocycles. The summed E-state index contributed by atoms with van der Waals surface area (Å²) in [4.78, 5) is 12.5. The van der Waals surface area contributed by atoms with E-state index in [1.54, 1.807) is 6.21 Å². The highest BCUT2D eigenvalue weighted by molar-refractivity contribution is 9.10. The SMILES string of the molecule is Cc1cc(/C=N\NC(=O)c2ccc3ccccc3c2)c(C)n1-c1ccc(Br)cc1. The van der Waals surface area contributed by atoms with E-state index in [2.05, 4.69) is 56.1 Å². The molecule has 0 fully saturated rings. The summed E-state index contributed by atoms with van der Waals surface area (Å²) in [5.74, 6) is -0.228. The minimum atomic E-state index is -0.228. The van der Waals surface area contributed by atoms with Crippen molar-refractivity contribution in [2.75, 3.05) is 0 Å². The van der Waals surface area contributed by atoms with Crippen LogP contribution in [0.3, 0.4) is 0 Å². The van der Waals surface area contributed by atoms with Gasteiger partial charge in [-0.2, -0.15) is 5.10 Å². The Morgan fingerprint density at radius 1 is 0.966 bits per heavy atom. The Kier molecular flexibility index (Phi) is 5.32. The topological polar surface area (TPSA) is 46.4 Å². The van der Waals surface area contributed by atoms with Crippen LogP contribution < -0.4 is 5.43 Å². The minimum absolute atomic E-state index is 0.228. The monoisotopic (exact) mass is 445 g/mol. The lowest BCUT2D eigenvalue weighted by Gasteiger charge is -2.09. The molecule has 0 unspecified atom stereocenters. The number of amides is 1. The Bertz CT molecular complexity index is 1220. The van der Waals surface area contributed by atoms with E-state index in [4.69, 9.17) is 0 Å². The predicted molar refractivity (Wildman–Crippen MR) is 122 cm³/mol. The van der Waals surface area contributed by atoms with E-state index in [0.29, 0.717) is 5.56 Å². The summed E-state index contributed by atoms with van der Waals surface area (Å²) >= 11 is 3.47. The zero-order chi connectivity index (χ0) is 20.4. The molecule has 4 rings (SSSR count). The maximum Gasteiger partial charge on any atom is 0.271 e. The fourth-order valence-corrected chi connectivity index (χ4v) is 3.73. The number of hydrogen-bond donors (Lipinski definition) is 1. The van der Waals surface area contributed by atoms with Gasteiger partial charge >= 0.3 is 0 Å². The predicted octanol–water partition coefficient (Wildman–Crippen LogP) is 5.77. The fraction of sp³-hybridized carbons (Fsp3) is 0.0833. The largest absolute Gasteiger partial charge is 0.318 e. The molecule has 144 valence electrons. The average molecular weight is 446 g/mol. The number of benzene rings is 3. The Balaban J connectivity index is 1.52. The highest BCUT2D eigenvalue weighted by Crippen LogP contribution is 2.21. The van der Waals surface area contributed by atoms with Gasteiger partial charge in [0.05, 0.1) is 6.21 Å². The van der Waals surface area contributed by atoms with Gasteiger partial charge in [0, 0.05) is 32.7 Å². The highest BCUT2D eigenvalue weighted by Gasteiger charge is 2.10. The number of aryl methyl sites for hydroxylation is 1. The molecule has 4 aromatic rings. The molecule has 0 radical (unpaired) electrons. The fourth-order valence-electron chi connectivity index (χ4n) is 3.46. The lowest BCUT2D eigenvalue weighted by atomic mass is 10.1. The maximum atomic E-state index is 12.5. The molecule has 0 saturated heterocycles. The van der Waals surface area contributed by atoms with Crippen molar-refractivity contribution in [3.05, 3.63) is 99.8 Å². The van der Waals surface area contributed by atoms with E-state index in [1.165, 1.54) is 0 Å². The normalized spacial score (nSPS) is 11.3. The van der Waals surface area contributed by atoms with E-state index >= 15 is 0 Å². The maximum absolute atomic E-state index is 12.5. The second-order valence-corrected chi connectivity index (χ2v) is 7.82. The molecule has 0 aliphatic carbocycles. The van der Waals surface area contributed by atoms with Crippen LogP contribution in [0.5, 0.6) is 0 Å². The van der Waals surface area contributed by atoms with Gasteiger partial charge in [-0.15, -0.1) is 0 Å². The zero-order valence-electron chi connectivity index (χ0n) is 16.2. The van der Waals surface area contributed by atoms with Crippen LogP contribution in [0.15, 0.2) is 82.4 Å². The van der Waals surface area contributed by atoms with Crippen molar-refractivity contribution < 1.29 is 4.79 Å². The molecule has 0 aliphatic rings. The molecule has 5 heteroatoms. The van der Waals surface area contributed by atoms with E-state index in [1.807, 2.05) is 61.5 Å². The summed E-state index contributed by atoms with van der Waals surface area (Å²) in [6, 6.07) is 23.8. The summed E-state index contributed by atoms with van der Waals surface area (Å²) in [7, 11) is 0. The summed E-state index contributed by atoms with van der Waals surface area (Å²) in [5.41, 5.74) is 7.43. The third-order valence-corrected chi connectivity index (χ3v) is 5.47. The number of halogens is 1. The van der Waals surface area contributed by atoms with Crippen LogP contribution in [0.4, 0.5) is 0 Å². The third kappa shape index (κ3) is 4.00. The van der Waals surface area contributed by atoms with E-state index in [9.17, 15) is 4.79 Å². The van der Waals surface area contributed by atoms with Gasteiger partial charge in [0.2, 0.25) is 0 Å². The van der Waals surface area contributed by atoms with Gasteiger partial charge in [0.25, 0.3) is 5.91 Å². The van der Waals surface area contributed by atoms with Crippen molar-refractivity contribution in [3.63, 3.8) is 0 Å². The number of rotatable bonds is 4. The molecule has 1 amide bonds. The van der Waals surface area contributed by atoms with Crippen LogP contribution in [0.25, 0.3) is 16.5 Å². The first-order chi connectivity index (χ1) is 14.0. The van der Waals surface area contributed by atoms with Crippen LogP contribution >= 0.6 is 15.9 Å². The number of nitrogens with one attached hydrogen (secondary N) is 1. The van der Waals surface area contributed by atoms with E-state index < -0.39 is 0 Å². The lowest BCUT2D eigenvalue weighted by Crippen LogP contribution is -2.17. The molecule has 0 atom stereocenters. The first-order valence-electron chi connectivity index (χ1n) is 9.30. The number of hydrazone groups is 1. The number of hydrogen-bond acceptors (Lipinski definition) is 2. The molecule has 0 aliphatic heterocycles. The van der Waals surface area contributed by atoms with Gasteiger partial charge in [0.1, 0.15) is 0 Å².